The van der Waals surface area contributed by atoms with Crippen molar-refractivity contribution in [2.75, 3.05) is 29.5 Å². The minimum atomic E-state index is -0.630. The Hall–Kier alpha value is -0.740. The molecule has 0 saturated carbocycles. The molecule has 1 aliphatic heterocycles. The lowest BCUT2D eigenvalue weighted by Gasteiger charge is -2.31. The first-order valence-corrected chi connectivity index (χ1v) is 7.06. The fraction of sp³-hybridized carbons (Fsp3) is 0.538. The number of nitrogens with zero attached hydrogens (tertiary/aromatic N) is 1. The average molecular weight is 255 g/mol. The number of aliphatic hydroxyl groups excluding tert-OH is 1. The number of hydrogen-bond donors (Lipinski definition) is 1. The Morgan fingerprint density at radius 1 is 1.35 bits per heavy atom. The van der Waals surface area contributed by atoms with E-state index in [9.17, 15) is 9.50 Å². The maximum atomic E-state index is 13.6. The van der Waals surface area contributed by atoms with E-state index >= 15 is 0 Å². The molecule has 1 atom stereocenters. The lowest BCUT2D eigenvalue weighted by atomic mass is 10.0. The molecule has 1 fully saturated rings. The summed E-state index contributed by atoms with van der Waals surface area (Å²) in [6.45, 7) is 5.39. The van der Waals surface area contributed by atoms with Crippen LogP contribution in [0.25, 0.3) is 0 Å². The number of rotatable bonds is 2. The quantitative estimate of drug-likeness (QED) is 0.879. The molecule has 0 amide bonds. The van der Waals surface area contributed by atoms with Gasteiger partial charge in [0.1, 0.15) is 5.82 Å². The number of thioether (sulfide) groups is 1. The second kappa shape index (κ2) is 5.27. The Kier molecular flexibility index (Phi) is 3.94. The standard InChI is InChI=1S/C13H18FNOS/c1-9-7-13(15-3-5-17-6-4-15)11(10(2)16)8-12(9)14/h7-8,10,16H,3-6H2,1-2H3. The van der Waals surface area contributed by atoms with Crippen LogP contribution in [0.3, 0.4) is 0 Å². The van der Waals surface area contributed by atoms with Gasteiger partial charge in [0.05, 0.1) is 6.10 Å². The number of halogens is 1. The van der Waals surface area contributed by atoms with Crippen LogP contribution in [0.2, 0.25) is 0 Å². The van der Waals surface area contributed by atoms with E-state index in [1.165, 1.54) is 6.07 Å². The third-order valence-corrected chi connectivity index (χ3v) is 4.05. The van der Waals surface area contributed by atoms with Crippen molar-refractivity contribution in [1.82, 2.24) is 0 Å². The Labute approximate surface area is 106 Å². The first-order valence-electron chi connectivity index (χ1n) is 5.90. The molecule has 17 heavy (non-hydrogen) atoms. The fourth-order valence-corrected chi connectivity index (χ4v) is 3.00. The van der Waals surface area contributed by atoms with Crippen LogP contribution in [0.1, 0.15) is 24.2 Å². The van der Waals surface area contributed by atoms with Gasteiger partial charge in [-0.15, -0.1) is 0 Å². The van der Waals surface area contributed by atoms with Crippen LogP contribution in [0.15, 0.2) is 12.1 Å². The van der Waals surface area contributed by atoms with Gasteiger partial charge in [0.15, 0.2) is 0 Å². The maximum Gasteiger partial charge on any atom is 0.126 e. The molecule has 0 aromatic heterocycles. The first-order chi connectivity index (χ1) is 8.09. The van der Waals surface area contributed by atoms with Crippen molar-refractivity contribution >= 4 is 17.4 Å². The third-order valence-electron chi connectivity index (χ3n) is 3.11. The van der Waals surface area contributed by atoms with Gasteiger partial charge in [-0.2, -0.15) is 11.8 Å². The Balaban J connectivity index is 2.39. The van der Waals surface area contributed by atoms with E-state index in [-0.39, 0.29) is 5.82 Å². The van der Waals surface area contributed by atoms with Crippen LogP contribution in [0, 0.1) is 12.7 Å². The normalized spacial score (nSPS) is 18.2. The van der Waals surface area contributed by atoms with Gasteiger partial charge in [0.25, 0.3) is 0 Å². The molecule has 1 heterocycles. The zero-order valence-corrected chi connectivity index (χ0v) is 11.1. The summed E-state index contributed by atoms with van der Waals surface area (Å²) >= 11 is 1.94. The molecule has 94 valence electrons. The van der Waals surface area contributed by atoms with Crippen molar-refractivity contribution in [2.45, 2.75) is 20.0 Å². The van der Waals surface area contributed by atoms with Crippen LogP contribution in [0.4, 0.5) is 10.1 Å². The molecular formula is C13H18FNOS. The largest absolute Gasteiger partial charge is 0.389 e. The fourth-order valence-electron chi connectivity index (χ4n) is 2.09. The zero-order valence-electron chi connectivity index (χ0n) is 10.2. The lowest BCUT2D eigenvalue weighted by Crippen LogP contribution is -2.33. The highest BCUT2D eigenvalue weighted by molar-refractivity contribution is 7.99. The minimum absolute atomic E-state index is 0.240. The second-order valence-corrected chi connectivity index (χ2v) is 5.66. The van der Waals surface area contributed by atoms with Gasteiger partial charge in [0, 0.05) is 35.8 Å². The van der Waals surface area contributed by atoms with E-state index in [0.717, 1.165) is 30.3 Å². The smallest absolute Gasteiger partial charge is 0.126 e. The number of anilines is 1. The minimum Gasteiger partial charge on any atom is -0.389 e. The molecule has 4 heteroatoms. The SMILES string of the molecule is Cc1cc(N2CCSCC2)c(C(C)O)cc1F. The molecule has 1 aromatic carbocycles. The molecule has 0 radical (unpaired) electrons. The van der Waals surface area contributed by atoms with Crippen LogP contribution in [0.5, 0.6) is 0 Å². The third kappa shape index (κ3) is 2.75. The molecule has 1 aromatic rings. The highest BCUT2D eigenvalue weighted by Gasteiger charge is 2.18. The molecule has 1 unspecified atom stereocenters. The van der Waals surface area contributed by atoms with E-state index < -0.39 is 6.10 Å². The average Bonchev–Trinajstić information content (AvgIpc) is 2.33. The summed E-state index contributed by atoms with van der Waals surface area (Å²) in [5.74, 6) is 1.95. The van der Waals surface area contributed by atoms with Crippen molar-refractivity contribution in [1.29, 1.82) is 0 Å². The summed E-state index contributed by atoms with van der Waals surface area (Å²) in [4.78, 5) is 2.24. The zero-order chi connectivity index (χ0) is 12.4. The maximum absolute atomic E-state index is 13.6. The van der Waals surface area contributed by atoms with E-state index in [1.807, 2.05) is 17.8 Å². The monoisotopic (exact) mass is 255 g/mol. The van der Waals surface area contributed by atoms with Gasteiger partial charge in [-0.3, -0.25) is 0 Å². The molecular weight excluding hydrogens is 237 g/mol. The molecule has 2 rings (SSSR count). The molecule has 0 bridgehead atoms. The molecule has 0 spiro atoms. The van der Waals surface area contributed by atoms with E-state index in [4.69, 9.17) is 0 Å². The van der Waals surface area contributed by atoms with Crippen molar-refractivity contribution in [3.63, 3.8) is 0 Å². The van der Waals surface area contributed by atoms with Gasteiger partial charge in [-0.1, -0.05) is 0 Å². The number of hydrogen-bond acceptors (Lipinski definition) is 3. The van der Waals surface area contributed by atoms with E-state index in [0.29, 0.717) is 11.1 Å². The Bertz CT molecular complexity index is 403. The number of benzene rings is 1. The van der Waals surface area contributed by atoms with Crippen LogP contribution in [-0.4, -0.2) is 29.7 Å². The van der Waals surface area contributed by atoms with Crippen LogP contribution < -0.4 is 4.90 Å². The molecule has 1 aliphatic rings. The summed E-state index contributed by atoms with van der Waals surface area (Å²) in [6.07, 6.45) is -0.630. The highest BCUT2D eigenvalue weighted by Crippen LogP contribution is 2.30. The topological polar surface area (TPSA) is 23.5 Å². The van der Waals surface area contributed by atoms with Gasteiger partial charge in [-0.25, -0.2) is 4.39 Å². The summed E-state index contributed by atoms with van der Waals surface area (Å²) in [7, 11) is 0. The van der Waals surface area contributed by atoms with Crippen molar-refractivity contribution < 1.29 is 9.50 Å². The molecule has 2 nitrogen and oxygen atoms in total. The Morgan fingerprint density at radius 2 is 2.00 bits per heavy atom. The number of aliphatic hydroxyl groups is 1. The first kappa shape index (κ1) is 12.7. The van der Waals surface area contributed by atoms with Crippen molar-refractivity contribution in [2.24, 2.45) is 0 Å². The van der Waals surface area contributed by atoms with Gasteiger partial charge < -0.3 is 10.0 Å². The van der Waals surface area contributed by atoms with Crippen molar-refractivity contribution in [3.8, 4) is 0 Å². The summed E-state index contributed by atoms with van der Waals surface area (Å²) in [6, 6.07) is 3.32. The van der Waals surface area contributed by atoms with E-state index in [1.54, 1.807) is 13.8 Å². The number of aryl methyl sites for hydroxylation is 1. The van der Waals surface area contributed by atoms with Gasteiger partial charge >= 0.3 is 0 Å². The van der Waals surface area contributed by atoms with Crippen molar-refractivity contribution in [3.05, 3.63) is 29.1 Å². The summed E-state index contributed by atoms with van der Waals surface area (Å²) in [5, 5.41) is 9.75. The van der Waals surface area contributed by atoms with E-state index in [2.05, 4.69) is 4.90 Å². The van der Waals surface area contributed by atoms with Crippen LogP contribution >= 0.6 is 11.8 Å². The second-order valence-electron chi connectivity index (χ2n) is 4.44. The van der Waals surface area contributed by atoms with Gasteiger partial charge in [-0.05, 0) is 31.5 Å². The predicted molar refractivity (Wildman–Crippen MR) is 71.3 cm³/mol. The molecule has 0 aliphatic carbocycles. The van der Waals surface area contributed by atoms with Gasteiger partial charge in [0.2, 0.25) is 0 Å². The highest BCUT2D eigenvalue weighted by atomic mass is 32.2. The molecule has 1 saturated heterocycles. The lowest BCUT2D eigenvalue weighted by molar-refractivity contribution is 0.199. The predicted octanol–water partition coefficient (Wildman–Crippen LogP) is 2.74. The molecule has 1 N–H and O–H groups in total. The van der Waals surface area contributed by atoms with Crippen LogP contribution in [-0.2, 0) is 0 Å². The Morgan fingerprint density at radius 3 is 2.59 bits per heavy atom. The summed E-state index contributed by atoms with van der Waals surface area (Å²) in [5.41, 5.74) is 2.32. The summed E-state index contributed by atoms with van der Waals surface area (Å²) < 4.78 is 13.6.